The van der Waals surface area contributed by atoms with Gasteiger partial charge in [0.1, 0.15) is 0 Å². The minimum atomic E-state index is -5.08. The number of carbonyl (C=O) groups is 3. The number of halogens is 6. The third-order valence-electron chi connectivity index (χ3n) is 2.29. The van der Waals surface area contributed by atoms with E-state index in [0.29, 0.717) is 6.61 Å². The Morgan fingerprint density at radius 3 is 1.82 bits per heavy atom. The Hall–Kier alpha value is -2.90. The summed E-state index contributed by atoms with van der Waals surface area (Å²) in [7, 11) is 0. The van der Waals surface area contributed by atoms with Crippen LogP contribution in [-0.4, -0.2) is 52.1 Å². The normalized spacial score (nSPS) is 11.7. The molecule has 1 heterocycles. The number of pyridine rings is 1. The lowest BCUT2D eigenvalue weighted by Gasteiger charge is -2.09. The number of ether oxygens (including phenoxy) is 1. The van der Waals surface area contributed by atoms with Crippen LogP contribution in [0.3, 0.4) is 0 Å². The molecular weight excluding hydrogens is 406 g/mol. The van der Waals surface area contributed by atoms with E-state index in [1.54, 1.807) is 25.4 Å². The standard InChI is InChI=1S/C10H14N2O2.2C2HF3O2/c1-2-14-10(13)6-9(11)8-4-3-5-12-7-8;2*3-2(4,5)1(6)7/h3-5,7,9H,2,6,11H2,1H3;2*(H,6,7)/t9-;;/m0../s1. The van der Waals surface area contributed by atoms with E-state index in [4.69, 9.17) is 30.3 Å². The van der Waals surface area contributed by atoms with Crippen molar-refractivity contribution in [3.05, 3.63) is 30.1 Å². The average Bonchev–Trinajstić information content (AvgIpc) is 2.55. The van der Waals surface area contributed by atoms with Gasteiger partial charge in [0, 0.05) is 18.4 Å². The van der Waals surface area contributed by atoms with Crippen LogP contribution in [-0.2, 0) is 19.1 Å². The molecule has 0 unspecified atom stereocenters. The molecule has 1 atom stereocenters. The van der Waals surface area contributed by atoms with Crippen LogP contribution in [0.15, 0.2) is 24.5 Å². The van der Waals surface area contributed by atoms with Crippen LogP contribution < -0.4 is 5.73 Å². The molecule has 160 valence electrons. The van der Waals surface area contributed by atoms with Gasteiger partial charge in [0.2, 0.25) is 0 Å². The van der Waals surface area contributed by atoms with Crippen molar-refractivity contribution in [3.8, 4) is 0 Å². The number of nitrogens with zero attached hydrogens (tertiary/aromatic N) is 1. The second-order valence-corrected chi connectivity index (χ2v) is 4.51. The first-order chi connectivity index (χ1) is 12.6. The van der Waals surface area contributed by atoms with Crippen molar-refractivity contribution in [2.45, 2.75) is 31.7 Å². The van der Waals surface area contributed by atoms with E-state index in [9.17, 15) is 31.1 Å². The van der Waals surface area contributed by atoms with Gasteiger partial charge in [0.25, 0.3) is 0 Å². The van der Waals surface area contributed by atoms with Gasteiger partial charge in [-0.05, 0) is 18.6 Å². The van der Waals surface area contributed by atoms with Crippen molar-refractivity contribution in [2.75, 3.05) is 6.61 Å². The zero-order valence-corrected chi connectivity index (χ0v) is 14.1. The summed E-state index contributed by atoms with van der Waals surface area (Å²) in [5.74, 6) is -5.79. The smallest absolute Gasteiger partial charge is 0.475 e. The summed E-state index contributed by atoms with van der Waals surface area (Å²) in [6.07, 6.45) is -6.65. The second-order valence-electron chi connectivity index (χ2n) is 4.51. The fourth-order valence-electron chi connectivity index (χ4n) is 1.11. The van der Waals surface area contributed by atoms with Gasteiger partial charge in [-0.3, -0.25) is 9.78 Å². The maximum atomic E-state index is 11.1. The van der Waals surface area contributed by atoms with E-state index in [1.165, 1.54) is 0 Å². The van der Waals surface area contributed by atoms with Crippen LogP contribution in [0, 0.1) is 0 Å². The molecule has 1 aromatic rings. The lowest BCUT2D eigenvalue weighted by atomic mass is 10.1. The molecule has 8 nitrogen and oxygen atoms in total. The Balaban J connectivity index is 0. The number of hydrogen-bond donors (Lipinski definition) is 3. The molecule has 0 aromatic carbocycles. The number of carboxylic acid groups (broad SMARTS) is 2. The highest BCUT2D eigenvalue weighted by Gasteiger charge is 2.38. The molecule has 0 aliphatic heterocycles. The van der Waals surface area contributed by atoms with Crippen molar-refractivity contribution in [1.82, 2.24) is 4.98 Å². The molecule has 1 rings (SSSR count). The van der Waals surface area contributed by atoms with Crippen LogP contribution in [0.1, 0.15) is 24.9 Å². The third-order valence-corrected chi connectivity index (χ3v) is 2.29. The van der Waals surface area contributed by atoms with Crippen LogP contribution >= 0.6 is 0 Å². The van der Waals surface area contributed by atoms with Crippen LogP contribution in [0.4, 0.5) is 26.3 Å². The first-order valence-corrected chi connectivity index (χ1v) is 7.04. The van der Waals surface area contributed by atoms with E-state index in [0.717, 1.165) is 5.56 Å². The van der Waals surface area contributed by atoms with Gasteiger partial charge in [-0.1, -0.05) is 6.07 Å². The topological polar surface area (TPSA) is 140 Å². The highest BCUT2D eigenvalue weighted by Crippen LogP contribution is 2.14. The van der Waals surface area contributed by atoms with E-state index >= 15 is 0 Å². The Kier molecular flexibility index (Phi) is 12.2. The minimum Gasteiger partial charge on any atom is -0.475 e. The number of aromatic nitrogens is 1. The largest absolute Gasteiger partial charge is 0.490 e. The zero-order valence-electron chi connectivity index (χ0n) is 14.1. The Bertz CT molecular complexity index is 597. The maximum Gasteiger partial charge on any atom is 0.490 e. The van der Waals surface area contributed by atoms with Gasteiger partial charge in [-0.15, -0.1) is 0 Å². The molecule has 0 aliphatic rings. The number of carboxylic acids is 2. The molecule has 0 saturated heterocycles. The molecule has 0 fully saturated rings. The van der Waals surface area contributed by atoms with Crippen molar-refractivity contribution in [3.63, 3.8) is 0 Å². The summed E-state index contributed by atoms with van der Waals surface area (Å²) in [5.41, 5.74) is 6.63. The third kappa shape index (κ3) is 14.3. The fourth-order valence-corrected chi connectivity index (χ4v) is 1.11. The molecule has 28 heavy (non-hydrogen) atoms. The molecule has 0 radical (unpaired) electrons. The lowest BCUT2D eigenvalue weighted by molar-refractivity contribution is -0.193. The molecule has 0 aliphatic carbocycles. The molecule has 14 heteroatoms. The highest BCUT2D eigenvalue weighted by molar-refractivity contribution is 5.73. The van der Waals surface area contributed by atoms with Crippen LogP contribution in [0.2, 0.25) is 0 Å². The number of alkyl halides is 6. The monoisotopic (exact) mass is 422 g/mol. The quantitative estimate of drug-likeness (QED) is 0.496. The van der Waals surface area contributed by atoms with Crippen LogP contribution in [0.5, 0.6) is 0 Å². The van der Waals surface area contributed by atoms with Crippen molar-refractivity contribution < 1.29 is 55.7 Å². The summed E-state index contributed by atoms with van der Waals surface area (Å²) in [4.78, 5) is 32.8. The van der Waals surface area contributed by atoms with Gasteiger partial charge in [0.15, 0.2) is 0 Å². The zero-order chi connectivity index (χ0) is 22.5. The second kappa shape index (κ2) is 12.5. The predicted octanol–water partition coefficient (Wildman–Crippen LogP) is 2.30. The average molecular weight is 422 g/mol. The molecule has 0 saturated carbocycles. The highest BCUT2D eigenvalue weighted by atomic mass is 19.4. The molecule has 0 bridgehead atoms. The number of nitrogens with two attached hydrogens (primary N) is 1. The van der Waals surface area contributed by atoms with E-state index in [1.807, 2.05) is 6.07 Å². The van der Waals surface area contributed by atoms with E-state index in [-0.39, 0.29) is 18.4 Å². The summed E-state index contributed by atoms with van der Waals surface area (Å²) >= 11 is 0. The number of hydrogen-bond acceptors (Lipinski definition) is 6. The van der Waals surface area contributed by atoms with Crippen LogP contribution in [0.25, 0.3) is 0 Å². The van der Waals surface area contributed by atoms with Crippen molar-refractivity contribution >= 4 is 17.9 Å². The van der Waals surface area contributed by atoms with Crippen molar-refractivity contribution in [1.29, 1.82) is 0 Å². The Labute approximate surface area is 153 Å². The predicted molar refractivity (Wildman–Crippen MR) is 79.8 cm³/mol. The summed E-state index contributed by atoms with van der Waals surface area (Å²) in [6.45, 7) is 2.16. The molecule has 1 aromatic heterocycles. The Morgan fingerprint density at radius 1 is 1.11 bits per heavy atom. The molecular formula is C14H16F6N2O6. The summed E-state index contributed by atoms with van der Waals surface area (Å²) in [5, 5.41) is 14.2. The first-order valence-electron chi connectivity index (χ1n) is 7.04. The number of esters is 1. The van der Waals surface area contributed by atoms with Gasteiger partial charge in [-0.25, -0.2) is 9.59 Å². The number of rotatable bonds is 4. The fraction of sp³-hybridized carbons (Fsp3) is 0.429. The van der Waals surface area contributed by atoms with E-state index in [2.05, 4.69) is 4.98 Å². The number of aliphatic carboxylic acids is 2. The summed E-state index contributed by atoms with van der Waals surface area (Å²) in [6, 6.07) is 3.31. The molecule has 4 N–H and O–H groups in total. The van der Waals surface area contributed by atoms with Gasteiger partial charge < -0.3 is 20.7 Å². The number of carbonyl (C=O) groups excluding carboxylic acids is 1. The summed E-state index contributed by atoms with van der Waals surface area (Å²) < 4.78 is 68.3. The maximum absolute atomic E-state index is 11.1. The first kappa shape index (κ1) is 27.3. The molecule has 0 amide bonds. The van der Waals surface area contributed by atoms with E-state index < -0.39 is 24.3 Å². The van der Waals surface area contributed by atoms with Gasteiger partial charge >= 0.3 is 30.3 Å². The van der Waals surface area contributed by atoms with Gasteiger partial charge in [0.05, 0.1) is 13.0 Å². The minimum absolute atomic E-state index is 0.194. The lowest BCUT2D eigenvalue weighted by Crippen LogP contribution is -2.21. The van der Waals surface area contributed by atoms with Crippen molar-refractivity contribution in [2.24, 2.45) is 5.73 Å². The molecule has 0 spiro atoms. The Morgan fingerprint density at radius 2 is 1.54 bits per heavy atom. The SMILES string of the molecule is CCOC(=O)C[C@H](N)c1cccnc1.O=C(O)C(F)(F)F.O=C(O)C(F)(F)F. The van der Waals surface area contributed by atoms with Gasteiger partial charge in [-0.2, -0.15) is 26.3 Å².